The highest BCUT2D eigenvalue weighted by atomic mass is 16.4. The van der Waals surface area contributed by atoms with Gasteiger partial charge < -0.3 is 5.21 Å². The lowest BCUT2D eigenvalue weighted by molar-refractivity contribution is 0.0982. The molecule has 0 aromatic heterocycles. The van der Waals surface area contributed by atoms with Gasteiger partial charge in [-0.1, -0.05) is 65.8 Å². The van der Waals surface area contributed by atoms with Crippen LogP contribution in [0.2, 0.25) is 0 Å². The first kappa shape index (κ1) is 13.7. The molecule has 1 N–H and O–H groups in total. The second kappa shape index (κ2) is 6.43. The number of oxime groups is 1. The summed E-state index contributed by atoms with van der Waals surface area (Å²) < 4.78 is 0. The van der Waals surface area contributed by atoms with Gasteiger partial charge in [0.15, 0.2) is 5.78 Å². The second-order valence-corrected chi connectivity index (χ2v) is 4.21. The van der Waals surface area contributed by atoms with Crippen LogP contribution in [0.4, 0.5) is 0 Å². The fourth-order valence-electron chi connectivity index (χ4n) is 1.80. The smallest absolute Gasteiger partial charge is 0.211 e. The Balaban J connectivity index is 2.15. The third kappa shape index (κ3) is 3.17. The first-order chi connectivity index (χ1) is 9.72. The number of carbonyl (C=O) groups excluding carboxylic acids is 2. The van der Waals surface area contributed by atoms with Crippen molar-refractivity contribution in [1.29, 1.82) is 0 Å². The Hall–Kier alpha value is -2.75. The zero-order chi connectivity index (χ0) is 14.4. The van der Waals surface area contributed by atoms with E-state index in [9.17, 15) is 9.59 Å². The van der Waals surface area contributed by atoms with Crippen molar-refractivity contribution in [2.45, 2.75) is 6.42 Å². The maximum atomic E-state index is 12.1. The minimum Gasteiger partial charge on any atom is -0.411 e. The van der Waals surface area contributed by atoms with Crippen molar-refractivity contribution in [1.82, 2.24) is 0 Å². The third-order valence-electron chi connectivity index (χ3n) is 2.84. The molecule has 2 aromatic carbocycles. The maximum absolute atomic E-state index is 12.1. The van der Waals surface area contributed by atoms with Crippen molar-refractivity contribution < 1.29 is 14.8 Å². The van der Waals surface area contributed by atoms with Gasteiger partial charge in [0.2, 0.25) is 5.78 Å². The van der Waals surface area contributed by atoms with Crippen LogP contribution in [0, 0.1) is 0 Å². The molecule has 0 aliphatic heterocycles. The summed E-state index contributed by atoms with van der Waals surface area (Å²) in [6.45, 7) is 0. The molecule has 0 unspecified atom stereocenters. The van der Waals surface area contributed by atoms with Crippen LogP contribution in [0.5, 0.6) is 0 Å². The van der Waals surface area contributed by atoms with Crippen molar-refractivity contribution in [2.75, 3.05) is 0 Å². The van der Waals surface area contributed by atoms with Gasteiger partial charge in [0.1, 0.15) is 5.71 Å². The molecule has 20 heavy (non-hydrogen) atoms. The molecule has 0 aliphatic rings. The second-order valence-electron chi connectivity index (χ2n) is 4.21. The predicted molar refractivity (Wildman–Crippen MR) is 75.4 cm³/mol. The van der Waals surface area contributed by atoms with Gasteiger partial charge in [-0.15, -0.1) is 0 Å². The van der Waals surface area contributed by atoms with Gasteiger partial charge in [-0.3, -0.25) is 9.59 Å². The summed E-state index contributed by atoms with van der Waals surface area (Å²) >= 11 is 0. The van der Waals surface area contributed by atoms with Gasteiger partial charge in [0, 0.05) is 11.1 Å². The topological polar surface area (TPSA) is 66.7 Å². The van der Waals surface area contributed by atoms with Gasteiger partial charge in [0.05, 0.1) is 6.42 Å². The predicted octanol–water partition coefficient (Wildman–Crippen LogP) is 2.97. The van der Waals surface area contributed by atoms with E-state index in [2.05, 4.69) is 5.16 Å². The average Bonchev–Trinajstić information content (AvgIpc) is 2.53. The standard InChI is InChI=1S/C16H13NO3/c18-15(12-7-3-1-4-8-12)11-14(17-20)16(19)13-9-5-2-6-10-13/h1-10,20H,11H2/b17-14+. The molecule has 0 saturated heterocycles. The van der Waals surface area contributed by atoms with Gasteiger partial charge in [-0.2, -0.15) is 0 Å². The fourth-order valence-corrected chi connectivity index (χ4v) is 1.80. The monoisotopic (exact) mass is 267 g/mol. The van der Waals surface area contributed by atoms with Gasteiger partial charge in [-0.05, 0) is 0 Å². The third-order valence-corrected chi connectivity index (χ3v) is 2.84. The molecular weight excluding hydrogens is 254 g/mol. The van der Waals surface area contributed by atoms with Crippen molar-refractivity contribution in [3.8, 4) is 0 Å². The zero-order valence-electron chi connectivity index (χ0n) is 10.7. The van der Waals surface area contributed by atoms with E-state index >= 15 is 0 Å². The van der Waals surface area contributed by atoms with E-state index in [1.165, 1.54) is 0 Å². The molecule has 4 nitrogen and oxygen atoms in total. The molecule has 0 fully saturated rings. The number of carbonyl (C=O) groups is 2. The molecule has 100 valence electrons. The summed E-state index contributed by atoms with van der Waals surface area (Å²) in [7, 11) is 0. The summed E-state index contributed by atoms with van der Waals surface area (Å²) in [5.74, 6) is -0.708. The van der Waals surface area contributed by atoms with E-state index in [-0.39, 0.29) is 17.9 Å². The fraction of sp³-hybridized carbons (Fsp3) is 0.0625. The first-order valence-electron chi connectivity index (χ1n) is 6.11. The maximum Gasteiger partial charge on any atom is 0.211 e. The molecule has 0 aliphatic carbocycles. The van der Waals surface area contributed by atoms with Crippen LogP contribution in [0.1, 0.15) is 27.1 Å². The van der Waals surface area contributed by atoms with Crippen LogP contribution < -0.4 is 0 Å². The highest BCUT2D eigenvalue weighted by Gasteiger charge is 2.18. The average molecular weight is 267 g/mol. The molecular formula is C16H13NO3. The molecule has 2 aromatic rings. The minimum atomic E-state index is -0.447. The number of hydrogen-bond acceptors (Lipinski definition) is 4. The van der Waals surface area contributed by atoms with E-state index in [1.54, 1.807) is 60.7 Å². The van der Waals surface area contributed by atoms with Crippen LogP contribution >= 0.6 is 0 Å². The lowest BCUT2D eigenvalue weighted by Gasteiger charge is -2.03. The number of ketones is 2. The van der Waals surface area contributed by atoms with Crippen LogP contribution in [0.3, 0.4) is 0 Å². The van der Waals surface area contributed by atoms with E-state index in [4.69, 9.17) is 5.21 Å². The van der Waals surface area contributed by atoms with Crippen LogP contribution in [-0.2, 0) is 0 Å². The molecule has 0 saturated carbocycles. The number of rotatable bonds is 5. The normalized spacial score (nSPS) is 11.1. The minimum absolute atomic E-state index is 0.162. The van der Waals surface area contributed by atoms with Crippen LogP contribution in [0.15, 0.2) is 65.8 Å². The molecule has 0 heterocycles. The number of benzene rings is 2. The number of Topliss-reactive ketones (excluding diaryl/α,β-unsaturated/α-hetero) is 2. The lowest BCUT2D eigenvalue weighted by atomic mass is 10.00. The highest BCUT2D eigenvalue weighted by molar-refractivity contribution is 6.48. The molecule has 0 atom stereocenters. The van der Waals surface area contributed by atoms with E-state index in [0.29, 0.717) is 11.1 Å². The molecule has 0 radical (unpaired) electrons. The summed E-state index contributed by atoms with van der Waals surface area (Å²) in [5.41, 5.74) is 0.709. The Morgan fingerprint density at radius 1 is 0.850 bits per heavy atom. The van der Waals surface area contributed by atoms with E-state index in [0.717, 1.165) is 0 Å². The molecule has 2 rings (SSSR count). The van der Waals surface area contributed by atoms with Gasteiger partial charge in [-0.25, -0.2) is 0 Å². The summed E-state index contributed by atoms with van der Waals surface area (Å²) in [4.78, 5) is 24.1. The SMILES string of the molecule is O=C(C/C(=N\O)C(=O)c1ccccc1)c1ccccc1. The Kier molecular flexibility index (Phi) is 4.39. The number of hydrogen-bond donors (Lipinski definition) is 1. The number of nitrogens with zero attached hydrogens (tertiary/aromatic N) is 1. The quantitative estimate of drug-likeness (QED) is 0.392. The van der Waals surface area contributed by atoms with E-state index < -0.39 is 5.78 Å². The summed E-state index contributed by atoms with van der Waals surface area (Å²) in [6.07, 6.45) is -0.228. The molecule has 0 amide bonds. The molecule has 0 bridgehead atoms. The Morgan fingerprint density at radius 2 is 1.35 bits per heavy atom. The van der Waals surface area contributed by atoms with Gasteiger partial charge >= 0.3 is 0 Å². The Morgan fingerprint density at radius 3 is 1.85 bits per heavy atom. The molecule has 4 heteroatoms. The van der Waals surface area contributed by atoms with Gasteiger partial charge in [0.25, 0.3) is 0 Å². The van der Waals surface area contributed by atoms with Crippen molar-refractivity contribution in [2.24, 2.45) is 5.16 Å². The van der Waals surface area contributed by atoms with E-state index in [1.807, 2.05) is 0 Å². The first-order valence-corrected chi connectivity index (χ1v) is 6.11. The van der Waals surface area contributed by atoms with Crippen LogP contribution in [-0.4, -0.2) is 22.5 Å². The van der Waals surface area contributed by atoms with Crippen molar-refractivity contribution in [3.63, 3.8) is 0 Å². The van der Waals surface area contributed by atoms with Crippen molar-refractivity contribution in [3.05, 3.63) is 71.8 Å². The largest absolute Gasteiger partial charge is 0.411 e. The Labute approximate surface area is 116 Å². The lowest BCUT2D eigenvalue weighted by Crippen LogP contribution is -2.18. The highest BCUT2D eigenvalue weighted by Crippen LogP contribution is 2.08. The summed E-state index contributed by atoms with van der Waals surface area (Å²) in [5, 5.41) is 11.9. The molecule has 0 spiro atoms. The Bertz CT molecular complexity index is 633. The summed E-state index contributed by atoms with van der Waals surface area (Å²) in [6, 6.07) is 17.0. The van der Waals surface area contributed by atoms with Crippen LogP contribution in [0.25, 0.3) is 0 Å². The van der Waals surface area contributed by atoms with Crippen molar-refractivity contribution >= 4 is 17.3 Å². The zero-order valence-corrected chi connectivity index (χ0v) is 10.7.